The first-order valence-electron chi connectivity index (χ1n) is 17.8. The first kappa shape index (κ1) is 34.9. The minimum atomic E-state index is -1.03. The summed E-state index contributed by atoms with van der Waals surface area (Å²) in [6, 6.07) is 15.5. The Morgan fingerprint density at radius 3 is 2.33 bits per heavy atom. The predicted octanol–water partition coefficient (Wildman–Crippen LogP) is 6.34. The van der Waals surface area contributed by atoms with E-state index in [1.54, 1.807) is 49.5 Å². The number of rotatable bonds is 10. The molecular formula is C39H45FN4O7. The highest BCUT2D eigenvalue weighted by Crippen LogP contribution is 2.38. The molecule has 12 heteroatoms. The van der Waals surface area contributed by atoms with Crippen molar-refractivity contribution in [3.05, 3.63) is 77.1 Å². The standard InChI is InChI=1S/C39H45FN4O7/c1-48-30-20-31(49-2)23-43(22-30)38(45)25-8-12-35(42-14-16-50-17-15-42)27(18-25)24-51-29-10-11-32(33(40)21-29)37-41-34-19-26(39(46)47)9-13-36(34)44(37)28-6-4-3-5-7-28/h8-13,18-19,21,28,30-31H,3-7,14-17,20,22-24H2,1-2H3,(H,46,47)/t30-,31-/m1/s1. The van der Waals surface area contributed by atoms with Gasteiger partial charge in [0.1, 0.15) is 24.0 Å². The fourth-order valence-corrected chi connectivity index (χ4v) is 7.70. The van der Waals surface area contributed by atoms with Gasteiger partial charge in [-0.15, -0.1) is 0 Å². The number of benzene rings is 3. The Hall–Kier alpha value is -4.52. The van der Waals surface area contributed by atoms with Gasteiger partial charge in [-0.2, -0.15) is 0 Å². The lowest BCUT2D eigenvalue weighted by molar-refractivity contribution is -0.0379. The number of ether oxygens (including phenoxy) is 4. The van der Waals surface area contributed by atoms with Gasteiger partial charge in [-0.05, 0) is 61.4 Å². The van der Waals surface area contributed by atoms with Crippen LogP contribution in [0.4, 0.5) is 10.1 Å². The van der Waals surface area contributed by atoms with Gasteiger partial charge < -0.3 is 38.4 Å². The summed E-state index contributed by atoms with van der Waals surface area (Å²) in [5.41, 5.74) is 4.08. The molecule has 0 unspecified atom stereocenters. The highest BCUT2D eigenvalue weighted by Gasteiger charge is 2.31. The van der Waals surface area contributed by atoms with E-state index < -0.39 is 11.8 Å². The molecule has 1 saturated carbocycles. The van der Waals surface area contributed by atoms with Crippen LogP contribution in [0.15, 0.2) is 54.6 Å². The van der Waals surface area contributed by atoms with E-state index >= 15 is 4.39 Å². The third-order valence-electron chi connectivity index (χ3n) is 10.5. The second kappa shape index (κ2) is 15.4. The van der Waals surface area contributed by atoms with Crippen LogP contribution in [0, 0.1) is 5.82 Å². The van der Waals surface area contributed by atoms with Crippen LogP contribution in [-0.4, -0.2) is 97.3 Å². The number of carbonyl (C=O) groups is 2. The largest absolute Gasteiger partial charge is 0.489 e. The minimum absolute atomic E-state index is 0.109. The summed E-state index contributed by atoms with van der Waals surface area (Å²) in [6.07, 6.45) is 5.72. The average molecular weight is 701 g/mol. The average Bonchev–Trinajstić information content (AvgIpc) is 3.55. The Kier molecular flexibility index (Phi) is 10.5. The molecule has 3 fully saturated rings. The monoisotopic (exact) mass is 700 g/mol. The minimum Gasteiger partial charge on any atom is -0.489 e. The van der Waals surface area contributed by atoms with Crippen molar-refractivity contribution < 1.29 is 38.0 Å². The van der Waals surface area contributed by atoms with Crippen molar-refractivity contribution in [2.45, 2.75) is 63.4 Å². The number of likely N-dealkylation sites (tertiary alicyclic amines) is 1. The molecule has 0 spiro atoms. The van der Waals surface area contributed by atoms with Gasteiger partial charge in [0.25, 0.3) is 5.91 Å². The number of carbonyl (C=O) groups excluding carboxylic acids is 1. The maximum Gasteiger partial charge on any atom is 0.335 e. The number of methoxy groups -OCH3 is 2. The third-order valence-corrected chi connectivity index (χ3v) is 10.5. The summed E-state index contributed by atoms with van der Waals surface area (Å²) in [5, 5.41) is 9.58. The number of carboxylic acids is 1. The van der Waals surface area contributed by atoms with Crippen LogP contribution in [0.1, 0.15) is 70.8 Å². The first-order chi connectivity index (χ1) is 24.8. The first-order valence-corrected chi connectivity index (χ1v) is 17.8. The molecule has 11 nitrogen and oxygen atoms in total. The summed E-state index contributed by atoms with van der Waals surface area (Å²) in [4.78, 5) is 34.2. The third kappa shape index (κ3) is 7.44. The van der Waals surface area contributed by atoms with Crippen molar-refractivity contribution in [1.29, 1.82) is 0 Å². The second-order valence-corrected chi connectivity index (χ2v) is 13.6. The smallest absolute Gasteiger partial charge is 0.335 e. The van der Waals surface area contributed by atoms with Gasteiger partial charge >= 0.3 is 5.97 Å². The topological polar surface area (TPSA) is 116 Å². The fraction of sp³-hybridized carbons (Fsp3) is 0.462. The molecule has 0 bridgehead atoms. The molecule has 0 radical (unpaired) electrons. The van der Waals surface area contributed by atoms with Gasteiger partial charge in [0.15, 0.2) is 0 Å². The van der Waals surface area contributed by atoms with E-state index in [2.05, 4.69) is 9.47 Å². The molecule has 2 atom stereocenters. The lowest BCUT2D eigenvalue weighted by atomic mass is 9.94. The number of piperidine rings is 1. The number of fused-ring (bicyclic) bond motifs is 1. The molecule has 270 valence electrons. The predicted molar refractivity (Wildman–Crippen MR) is 190 cm³/mol. The van der Waals surface area contributed by atoms with Crippen molar-refractivity contribution in [2.24, 2.45) is 0 Å². The van der Waals surface area contributed by atoms with Crippen LogP contribution < -0.4 is 9.64 Å². The summed E-state index contributed by atoms with van der Waals surface area (Å²) >= 11 is 0. The summed E-state index contributed by atoms with van der Waals surface area (Å²) in [5.74, 6) is -0.804. The van der Waals surface area contributed by atoms with Gasteiger partial charge in [-0.25, -0.2) is 14.2 Å². The maximum absolute atomic E-state index is 16.1. The van der Waals surface area contributed by atoms with Gasteiger partial charge in [-0.3, -0.25) is 4.79 Å². The zero-order valence-electron chi connectivity index (χ0n) is 29.2. The molecule has 3 aromatic carbocycles. The highest BCUT2D eigenvalue weighted by atomic mass is 19.1. The Morgan fingerprint density at radius 2 is 1.65 bits per heavy atom. The molecule has 1 N–H and O–H groups in total. The lowest BCUT2D eigenvalue weighted by Crippen LogP contribution is -2.49. The Bertz CT molecular complexity index is 1870. The van der Waals surface area contributed by atoms with Gasteiger partial charge in [0.05, 0.1) is 47.6 Å². The number of amides is 1. The number of halogens is 1. The van der Waals surface area contributed by atoms with Crippen molar-refractivity contribution in [3.63, 3.8) is 0 Å². The molecule has 3 aliphatic rings. The maximum atomic E-state index is 16.1. The van der Waals surface area contributed by atoms with E-state index in [4.69, 9.17) is 23.9 Å². The van der Waals surface area contributed by atoms with Gasteiger partial charge in [-0.1, -0.05) is 19.3 Å². The SMILES string of the molecule is CO[C@@H]1C[C@@H](OC)CN(C(=O)c2ccc(N3CCOCC3)c(COc3ccc(-c4nc5cc(C(=O)O)ccc5n4C4CCCCC4)c(F)c3)c2)C1. The van der Waals surface area contributed by atoms with Crippen LogP contribution >= 0.6 is 0 Å². The number of hydrogen-bond donors (Lipinski definition) is 1. The zero-order valence-corrected chi connectivity index (χ0v) is 29.2. The van der Waals surface area contributed by atoms with Crippen LogP contribution in [0.5, 0.6) is 5.75 Å². The van der Waals surface area contributed by atoms with Gasteiger partial charge in [0.2, 0.25) is 0 Å². The van der Waals surface area contributed by atoms with Crippen LogP contribution in [0.25, 0.3) is 22.4 Å². The quantitative estimate of drug-likeness (QED) is 0.203. The molecule has 2 aliphatic heterocycles. The van der Waals surface area contributed by atoms with E-state index in [1.165, 1.54) is 6.07 Å². The lowest BCUT2D eigenvalue weighted by Gasteiger charge is -2.36. The molecule has 2 saturated heterocycles. The number of hydrogen-bond acceptors (Lipinski definition) is 8. The second-order valence-electron chi connectivity index (χ2n) is 13.6. The number of imidazole rings is 1. The fourth-order valence-electron chi connectivity index (χ4n) is 7.70. The highest BCUT2D eigenvalue weighted by molar-refractivity contribution is 5.95. The summed E-state index contributed by atoms with van der Waals surface area (Å²) in [7, 11) is 3.30. The molecule has 1 aliphatic carbocycles. The Balaban J connectivity index is 1.16. The van der Waals surface area contributed by atoms with Crippen LogP contribution in [0.3, 0.4) is 0 Å². The van der Waals surface area contributed by atoms with E-state index in [9.17, 15) is 14.7 Å². The molecular weight excluding hydrogens is 655 g/mol. The summed E-state index contributed by atoms with van der Waals surface area (Å²) in [6.45, 7) is 3.68. The summed E-state index contributed by atoms with van der Waals surface area (Å²) < 4.78 is 41.2. The Morgan fingerprint density at radius 1 is 0.922 bits per heavy atom. The van der Waals surface area contributed by atoms with Crippen molar-refractivity contribution in [1.82, 2.24) is 14.5 Å². The van der Waals surface area contributed by atoms with Crippen molar-refractivity contribution in [2.75, 3.05) is 58.5 Å². The van der Waals surface area contributed by atoms with E-state index in [0.717, 1.165) is 55.3 Å². The normalized spacial score (nSPS) is 20.1. The molecule has 4 aromatic rings. The van der Waals surface area contributed by atoms with E-state index in [-0.39, 0.29) is 36.3 Å². The van der Waals surface area contributed by atoms with Gasteiger partial charge in [0, 0.05) is 75.7 Å². The van der Waals surface area contributed by atoms with Crippen LogP contribution in [-0.2, 0) is 20.8 Å². The number of aromatic carboxylic acids is 1. The van der Waals surface area contributed by atoms with Crippen LogP contribution in [0.2, 0.25) is 0 Å². The molecule has 1 amide bonds. The zero-order chi connectivity index (χ0) is 35.5. The molecule has 7 rings (SSSR count). The van der Waals surface area contributed by atoms with E-state index in [0.29, 0.717) is 67.6 Å². The number of carboxylic acid groups (broad SMARTS) is 1. The van der Waals surface area contributed by atoms with Crippen molar-refractivity contribution in [3.8, 4) is 17.1 Å². The molecule has 3 heterocycles. The van der Waals surface area contributed by atoms with E-state index in [1.807, 2.05) is 18.2 Å². The molecule has 1 aromatic heterocycles. The molecule has 51 heavy (non-hydrogen) atoms. The number of aromatic nitrogens is 2. The number of anilines is 1. The Labute approximate surface area is 296 Å². The number of morpholine rings is 1. The van der Waals surface area contributed by atoms with Crippen molar-refractivity contribution >= 4 is 28.6 Å². The number of nitrogens with zero attached hydrogens (tertiary/aromatic N) is 4.